The Kier molecular flexibility index (Phi) is 5.87. The van der Waals surface area contributed by atoms with E-state index in [2.05, 4.69) is 0 Å². The topological polar surface area (TPSA) is 60.9 Å². The Morgan fingerprint density at radius 1 is 1.04 bits per heavy atom. The number of benzene rings is 2. The summed E-state index contributed by atoms with van der Waals surface area (Å²) in [6, 6.07) is 12.9. The summed E-state index contributed by atoms with van der Waals surface area (Å²) in [5, 5.41) is 9.93. The number of hydrogen-bond acceptors (Lipinski definition) is 4. The average Bonchev–Trinajstić information content (AvgIpc) is 2.88. The predicted molar refractivity (Wildman–Crippen MR) is 110 cm³/mol. The lowest BCUT2D eigenvalue weighted by Crippen LogP contribution is -2.34. The van der Waals surface area contributed by atoms with E-state index in [0.29, 0.717) is 16.3 Å². The second-order valence-corrected chi connectivity index (χ2v) is 7.45. The van der Waals surface area contributed by atoms with Crippen LogP contribution in [0, 0.1) is 13.8 Å². The monoisotopic (exact) mass is 398 g/mol. The average molecular weight is 399 g/mol. The fraction of sp³-hybridized carbons (Fsp3) is 0.273. The third-order valence-corrected chi connectivity index (χ3v) is 5.12. The van der Waals surface area contributed by atoms with E-state index in [1.165, 1.54) is 4.90 Å². The Hall–Kier alpha value is -2.63. The van der Waals surface area contributed by atoms with Gasteiger partial charge in [0.2, 0.25) is 0 Å². The van der Waals surface area contributed by atoms with Gasteiger partial charge in [0.25, 0.3) is 11.8 Å². The Morgan fingerprint density at radius 3 is 2.32 bits per heavy atom. The minimum absolute atomic E-state index is 0.112. The Labute approximate surface area is 169 Å². The van der Waals surface area contributed by atoms with Crippen molar-refractivity contribution in [1.82, 2.24) is 9.80 Å². The number of halogens is 1. The van der Waals surface area contributed by atoms with Crippen LogP contribution in [0.3, 0.4) is 0 Å². The van der Waals surface area contributed by atoms with Crippen LogP contribution in [-0.2, 0) is 16.1 Å². The third-order valence-electron chi connectivity index (χ3n) is 4.87. The van der Waals surface area contributed by atoms with Crippen LogP contribution in [0.2, 0.25) is 5.02 Å². The summed E-state index contributed by atoms with van der Waals surface area (Å²) < 4.78 is 0. The molecule has 5 nitrogen and oxygen atoms in total. The number of aliphatic hydroxyl groups is 1. The van der Waals surface area contributed by atoms with Crippen LogP contribution in [0.4, 0.5) is 0 Å². The molecular weight excluding hydrogens is 376 g/mol. The molecule has 0 atom stereocenters. The first-order valence-electron chi connectivity index (χ1n) is 9.08. The first-order valence-corrected chi connectivity index (χ1v) is 9.45. The minimum Gasteiger partial charge on any atom is -0.395 e. The number of carbonyl (C=O) groups excluding carboxylic acids is 2. The number of aryl methyl sites for hydroxylation is 2. The van der Waals surface area contributed by atoms with Crippen molar-refractivity contribution in [2.75, 3.05) is 20.2 Å². The quantitative estimate of drug-likeness (QED) is 0.759. The van der Waals surface area contributed by atoms with E-state index in [1.807, 2.05) is 32.0 Å². The molecule has 0 aromatic heterocycles. The maximum Gasteiger partial charge on any atom is 0.278 e. The molecule has 1 aliphatic heterocycles. The number of amides is 2. The Bertz CT molecular complexity index is 951. The van der Waals surface area contributed by atoms with E-state index in [-0.39, 0.29) is 31.5 Å². The zero-order chi connectivity index (χ0) is 20.4. The maximum atomic E-state index is 13.3. The molecular formula is C22H23ClN2O3. The standard InChI is InChI=1S/C22H23ClN2O3/c1-14-4-9-18(15(2)12-14)19-20(24(3)10-11-26)22(28)25(21(19)27)13-16-5-7-17(23)8-6-16/h4-9,12,26H,10-11,13H2,1-3H3. The van der Waals surface area contributed by atoms with E-state index in [9.17, 15) is 14.7 Å². The second-order valence-electron chi connectivity index (χ2n) is 7.01. The Balaban J connectivity index is 2.05. The first-order chi connectivity index (χ1) is 13.3. The highest BCUT2D eigenvalue weighted by atomic mass is 35.5. The highest BCUT2D eigenvalue weighted by Crippen LogP contribution is 2.34. The summed E-state index contributed by atoms with van der Waals surface area (Å²) in [5.74, 6) is -0.683. The number of imide groups is 1. The second kappa shape index (κ2) is 8.17. The lowest BCUT2D eigenvalue weighted by Gasteiger charge is -2.20. The van der Waals surface area contributed by atoms with E-state index in [0.717, 1.165) is 22.3 Å². The van der Waals surface area contributed by atoms with E-state index < -0.39 is 0 Å². The van der Waals surface area contributed by atoms with Crippen molar-refractivity contribution in [2.45, 2.75) is 20.4 Å². The highest BCUT2D eigenvalue weighted by Gasteiger charge is 2.41. The van der Waals surface area contributed by atoms with Crippen molar-refractivity contribution in [1.29, 1.82) is 0 Å². The fourth-order valence-electron chi connectivity index (χ4n) is 3.43. The molecule has 28 heavy (non-hydrogen) atoms. The molecule has 2 aromatic carbocycles. The van der Waals surface area contributed by atoms with Gasteiger partial charge in [0, 0.05) is 18.6 Å². The molecule has 2 amide bonds. The van der Waals surface area contributed by atoms with Gasteiger partial charge < -0.3 is 10.0 Å². The van der Waals surface area contributed by atoms with Gasteiger partial charge in [-0.2, -0.15) is 0 Å². The highest BCUT2D eigenvalue weighted by molar-refractivity contribution is 6.35. The smallest absolute Gasteiger partial charge is 0.278 e. The fourth-order valence-corrected chi connectivity index (χ4v) is 3.56. The molecule has 0 spiro atoms. The lowest BCUT2D eigenvalue weighted by molar-refractivity contribution is -0.138. The summed E-state index contributed by atoms with van der Waals surface area (Å²) in [4.78, 5) is 29.3. The maximum absolute atomic E-state index is 13.3. The molecule has 1 heterocycles. The molecule has 146 valence electrons. The van der Waals surface area contributed by atoms with Crippen LogP contribution in [0.1, 0.15) is 22.3 Å². The lowest BCUT2D eigenvalue weighted by atomic mass is 9.97. The largest absolute Gasteiger partial charge is 0.395 e. The van der Waals surface area contributed by atoms with Crippen molar-refractivity contribution >= 4 is 29.0 Å². The van der Waals surface area contributed by atoms with Gasteiger partial charge in [-0.1, -0.05) is 47.5 Å². The summed E-state index contributed by atoms with van der Waals surface area (Å²) >= 11 is 5.93. The molecule has 3 rings (SSSR count). The minimum atomic E-state index is -0.356. The normalized spacial score (nSPS) is 14.2. The van der Waals surface area contributed by atoms with Crippen molar-refractivity contribution in [3.63, 3.8) is 0 Å². The number of hydrogen-bond donors (Lipinski definition) is 1. The van der Waals surface area contributed by atoms with Crippen LogP contribution in [0.5, 0.6) is 0 Å². The van der Waals surface area contributed by atoms with Gasteiger partial charge in [-0.05, 0) is 42.7 Å². The number of rotatable bonds is 6. The predicted octanol–water partition coefficient (Wildman–Crippen LogP) is 3.16. The van der Waals surface area contributed by atoms with Gasteiger partial charge in [0.05, 0.1) is 18.7 Å². The van der Waals surface area contributed by atoms with Crippen molar-refractivity contribution in [3.05, 3.63) is 75.4 Å². The van der Waals surface area contributed by atoms with Gasteiger partial charge in [-0.3, -0.25) is 14.5 Å². The van der Waals surface area contributed by atoms with E-state index in [1.54, 1.807) is 36.2 Å². The van der Waals surface area contributed by atoms with Crippen LogP contribution in [-0.4, -0.2) is 46.9 Å². The zero-order valence-corrected chi connectivity index (χ0v) is 17.0. The SMILES string of the molecule is Cc1ccc(C2=C(N(C)CCO)C(=O)N(Cc3ccc(Cl)cc3)C2=O)c(C)c1. The molecule has 6 heteroatoms. The van der Waals surface area contributed by atoms with Gasteiger partial charge in [-0.15, -0.1) is 0 Å². The molecule has 0 aliphatic carbocycles. The molecule has 0 saturated heterocycles. The number of carbonyl (C=O) groups is 2. The summed E-state index contributed by atoms with van der Waals surface area (Å²) in [7, 11) is 1.71. The van der Waals surface area contributed by atoms with Crippen LogP contribution >= 0.6 is 11.6 Å². The van der Waals surface area contributed by atoms with Gasteiger partial charge in [0.1, 0.15) is 5.70 Å². The molecule has 2 aromatic rings. The zero-order valence-electron chi connectivity index (χ0n) is 16.2. The number of nitrogens with zero attached hydrogens (tertiary/aromatic N) is 2. The van der Waals surface area contributed by atoms with E-state index >= 15 is 0 Å². The van der Waals surface area contributed by atoms with Crippen LogP contribution in [0.25, 0.3) is 5.57 Å². The summed E-state index contributed by atoms with van der Waals surface area (Å²) in [6.07, 6.45) is 0. The summed E-state index contributed by atoms with van der Waals surface area (Å²) in [6.45, 7) is 4.23. The van der Waals surface area contributed by atoms with Crippen LogP contribution < -0.4 is 0 Å². The number of likely N-dealkylation sites (N-methyl/N-ethyl adjacent to an activating group) is 1. The van der Waals surface area contributed by atoms with Gasteiger partial charge in [-0.25, -0.2) is 0 Å². The molecule has 0 radical (unpaired) electrons. The molecule has 1 aliphatic rings. The molecule has 1 N–H and O–H groups in total. The van der Waals surface area contributed by atoms with Gasteiger partial charge in [0.15, 0.2) is 0 Å². The first kappa shape index (κ1) is 20.1. The molecule has 0 bridgehead atoms. The molecule has 0 unspecified atom stereocenters. The van der Waals surface area contributed by atoms with Gasteiger partial charge >= 0.3 is 0 Å². The van der Waals surface area contributed by atoms with E-state index in [4.69, 9.17) is 11.6 Å². The van der Waals surface area contributed by atoms with Crippen molar-refractivity contribution < 1.29 is 14.7 Å². The summed E-state index contributed by atoms with van der Waals surface area (Å²) in [5.41, 5.74) is 4.27. The van der Waals surface area contributed by atoms with Crippen molar-refractivity contribution in [2.24, 2.45) is 0 Å². The van der Waals surface area contributed by atoms with Crippen molar-refractivity contribution in [3.8, 4) is 0 Å². The van der Waals surface area contributed by atoms with Crippen LogP contribution in [0.15, 0.2) is 48.2 Å². The Morgan fingerprint density at radius 2 is 1.71 bits per heavy atom. The third kappa shape index (κ3) is 3.81. The number of aliphatic hydroxyl groups excluding tert-OH is 1. The molecule has 0 fully saturated rings. The molecule has 0 saturated carbocycles.